The number of halogens is 4. The van der Waals surface area contributed by atoms with Crippen LogP contribution < -0.4 is 19.5 Å². The lowest BCUT2D eigenvalue weighted by Crippen LogP contribution is -2.61. The predicted octanol–water partition coefficient (Wildman–Crippen LogP) is 3.86. The van der Waals surface area contributed by atoms with Gasteiger partial charge in [-0.15, -0.1) is 0 Å². The number of aliphatic hydroxyl groups is 1. The Kier molecular flexibility index (Phi) is 5.62. The second kappa shape index (κ2) is 7.86. The molecule has 0 saturated heterocycles. The summed E-state index contributed by atoms with van der Waals surface area (Å²) in [6.45, 7) is 0. The van der Waals surface area contributed by atoms with Gasteiger partial charge in [0, 0.05) is 18.0 Å². The van der Waals surface area contributed by atoms with Crippen LogP contribution in [0.1, 0.15) is 10.4 Å². The summed E-state index contributed by atoms with van der Waals surface area (Å²) >= 11 is 0. The van der Waals surface area contributed by atoms with Gasteiger partial charge in [0.15, 0.2) is 0 Å². The molecule has 30 heavy (non-hydrogen) atoms. The standard InChI is InChI=1S/C20H17F4NO5/c1-28-12-5-3-11(4-6-12)25-10-15-17(26)14-8-7-13(29-2)9-16(14)30-20(15,27)19(23,24)18(21)22/h3-10,18,25,27H,1-2H3/b15-10+/t20-/m1/s1. The third kappa shape index (κ3) is 3.54. The molecule has 0 unspecified atom stereocenters. The van der Waals surface area contributed by atoms with Crippen molar-refractivity contribution in [1.29, 1.82) is 0 Å². The normalized spacial score (nSPS) is 20.0. The van der Waals surface area contributed by atoms with E-state index in [-0.39, 0.29) is 11.3 Å². The third-order valence-electron chi connectivity index (χ3n) is 4.50. The number of carbonyl (C=O) groups excluding carboxylic acids is 1. The number of carbonyl (C=O) groups is 1. The maximum Gasteiger partial charge on any atom is 0.375 e. The number of fused-ring (bicyclic) bond motifs is 1. The Morgan fingerprint density at radius 2 is 1.70 bits per heavy atom. The Labute approximate surface area is 168 Å². The van der Waals surface area contributed by atoms with Crippen LogP contribution in [0.2, 0.25) is 0 Å². The van der Waals surface area contributed by atoms with Crippen LogP contribution in [0.3, 0.4) is 0 Å². The molecule has 1 heterocycles. The number of Topliss-reactive ketones (excluding diaryl/α,β-unsaturated/α-hetero) is 1. The van der Waals surface area contributed by atoms with Crippen LogP contribution >= 0.6 is 0 Å². The zero-order valence-corrected chi connectivity index (χ0v) is 15.8. The summed E-state index contributed by atoms with van der Waals surface area (Å²) < 4.78 is 69.7. The van der Waals surface area contributed by atoms with Gasteiger partial charge in [-0.05, 0) is 36.4 Å². The van der Waals surface area contributed by atoms with E-state index in [1.54, 1.807) is 12.1 Å². The number of alkyl halides is 4. The first-order valence-electron chi connectivity index (χ1n) is 8.55. The molecule has 1 aliphatic heterocycles. The Morgan fingerprint density at radius 3 is 2.27 bits per heavy atom. The lowest BCUT2D eigenvalue weighted by atomic mass is 9.89. The van der Waals surface area contributed by atoms with Gasteiger partial charge >= 0.3 is 18.1 Å². The average molecular weight is 427 g/mol. The minimum Gasteiger partial charge on any atom is -0.497 e. The topological polar surface area (TPSA) is 77.0 Å². The summed E-state index contributed by atoms with van der Waals surface area (Å²) in [7, 11) is 2.72. The molecule has 0 aromatic heterocycles. The van der Waals surface area contributed by atoms with E-state index < -0.39 is 35.2 Å². The molecule has 2 aromatic rings. The Morgan fingerprint density at radius 1 is 1.10 bits per heavy atom. The van der Waals surface area contributed by atoms with Gasteiger partial charge in [-0.25, -0.2) is 8.78 Å². The molecule has 2 N–H and O–H groups in total. The second-order valence-electron chi connectivity index (χ2n) is 6.29. The van der Waals surface area contributed by atoms with Gasteiger partial charge in [0.05, 0.1) is 25.4 Å². The minimum atomic E-state index is -5.10. The van der Waals surface area contributed by atoms with Crippen LogP contribution in [0.25, 0.3) is 0 Å². The molecule has 2 aromatic carbocycles. The first-order chi connectivity index (χ1) is 14.1. The molecule has 0 radical (unpaired) electrons. The van der Waals surface area contributed by atoms with E-state index >= 15 is 0 Å². The molecule has 1 atom stereocenters. The summed E-state index contributed by atoms with van der Waals surface area (Å²) in [5.74, 6) is -10.0. The fourth-order valence-electron chi connectivity index (χ4n) is 2.82. The van der Waals surface area contributed by atoms with E-state index in [2.05, 4.69) is 5.32 Å². The molecule has 0 saturated carbocycles. The van der Waals surface area contributed by atoms with Gasteiger partial charge in [-0.1, -0.05) is 0 Å². The van der Waals surface area contributed by atoms with E-state index in [1.165, 1.54) is 38.5 Å². The predicted molar refractivity (Wildman–Crippen MR) is 98.6 cm³/mol. The lowest BCUT2D eigenvalue weighted by Gasteiger charge is -2.39. The number of hydrogen-bond donors (Lipinski definition) is 2. The second-order valence-corrected chi connectivity index (χ2v) is 6.29. The van der Waals surface area contributed by atoms with Crippen molar-refractivity contribution >= 4 is 11.5 Å². The average Bonchev–Trinajstić information content (AvgIpc) is 2.73. The lowest BCUT2D eigenvalue weighted by molar-refractivity contribution is -0.297. The van der Waals surface area contributed by atoms with Crippen molar-refractivity contribution in [2.24, 2.45) is 0 Å². The monoisotopic (exact) mass is 427 g/mol. The van der Waals surface area contributed by atoms with E-state index in [0.717, 1.165) is 6.07 Å². The van der Waals surface area contributed by atoms with Crippen molar-refractivity contribution in [2.45, 2.75) is 18.1 Å². The Hall–Kier alpha value is -3.27. The van der Waals surface area contributed by atoms with Crippen molar-refractivity contribution < 1.29 is 41.7 Å². The summed E-state index contributed by atoms with van der Waals surface area (Å²) in [6, 6.07) is 9.71. The number of nitrogens with one attached hydrogen (secondary N) is 1. The highest BCUT2D eigenvalue weighted by molar-refractivity contribution is 6.13. The first-order valence-corrected chi connectivity index (χ1v) is 8.55. The number of methoxy groups -OCH3 is 2. The summed E-state index contributed by atoms with van der Waals surface area (Å²) in [5.41, 5.74) is -0.964. The highest BCUT2D eigenvalue weighted by Crippen LogP contribution is 2.47. The van der Waals surface area contributed by atoms with Gasteiger partial charge in [0.25, 0.3) is 0 Å². The van der Waals surface area contributed by atoms with Crippen molar-refractivity contribution in [2.75, 3.05) is 19.5 Å². The largest absolute Gasteiger partial charge is 0.497 e. The molecule has 6 nitrogen and oxygen atoms in total. The first kappa shape index (κ1) is 21.4. The number of benzene rings is 2. The van der Waals surface area contributed by atoms with Crippen molar-refractivity contribution in [1.82, 2.24) is 0 Å². The van der Waals surface area contributed by atoms with Crippen LogP contribution in [0.4, 0.5) is 23.2 Å². The fourth-order valence-corrected chi connectivity index (χ4v) is 2.82. The van der Waals surface area contributed by atoms with E-state index in [1.807, 2.05) is 0 Å². The quantitative estimate of drug-likeness (QED) is 0.539. The number of ketones is 1. The number of ether oxygens (including phenoxy) is 3. The van der Waals surface area contributed by atoms with Gasteiger partial charge < -0.3 is 24.6 Å². The molecule has 3 rings (SSSR count). The minimum absolute atomic E-state index is 0.119. The molecule has 0 amide bonds. The highest BCUT2D eigenvalue weighted by Gasteiger charge is 2.67. The molecular weight excluding hydrogens is 410 g/mol. The molecular formula is C20H17F4NO5. The van der Waals surface area contributed by atoms with Gasteiger partial charge in [-0.2, -0.15) is 8.78 Å². The zero-order chi connectivity index (χ0) is 22.1. The van der Waals surface area contributed by atoms with Crippen LogP contribution in [0, 0.1) is 0 Å². The SMILES string of the molecule is COc1ccc(N/C=C2\C(=O)c3ccc(OC)cc3O[C@@]2(O)C(F)(F)C(F)F)cc1. The van der Waals surface area contributed by atoms with Gasteiger partial charge in [0.1, 0.15) is 17.2 Å². The summed E-state index contributed by atoms with van der Waals surface area (Å²) in [6.07, 6.45) is -3.60. The summed E-state index contributed by atoms with van der Waals surface area (Å²) in [5, 5.41) is 13.1. The van der Waals surface area contributed by atoms with Crippen molar-refractivity contribution in [3.63, 3.8) is 0 Å². The van der Waals surface area contributed by atoms with Crippen LogP contribution in [-0.4, -0.2) is 43.2 Å². The molecule has 0 fully saturated rings. The maximum atomic E-state index is 14.3. The van der Waals surface area contributed by atoms with Gasteiger partial charge in [-0.3, -0.25) is 4.79 Å². The zero-order valence-electron chi connectivity index (χ0n) is 15.8. The Bertz CT molecular complexity index is 978. The molecule has 10 heteroatoms. The maximum absolute atomic E-state index is 14.3. The smallest absolute Gasteiger partial charge is 0.375 e. The Balaban J connectivity index is 2.09. The molecule has 0 spiro atoms. The molecule has 160 valence electrons. The van der Waals surface area contributed by atoms with E-state index in [4.69, 9.17) is 14.2 Å². The molecule has 0 bridgehead atoms. The molecule has 0 aliphatic carbocycles. The fraction of sp³-hybridized carbons (Fsp3) is 0.250. The number of hydrogen-bond acceptors (Lipinski definition) is 6. The van der Waals surface area contributed by atoms with Crippen LogP contribution in [0.15, 0.2) is 54.2 Å². The molecule has 1 aliphatic rings. The number of rotatable bonds is 6. The van der Waals surface area contributed by atoms with Crippen LogP contribution in [0.5, 0.6) is 17.2 Å². The van der Waals surface area contributed by atoms with E-state index in [9.17, 15) is 27.5 Å². The van der Waals surface area contributed by atoms with Crippen molar-refractivity contribution in [3.05, 3.63) is 59.8 Å². The summed E-state index contributed by atoms with van der Waals surface area (Å²) in [4.78, 5) is 12.8. The van der Waals surface area contributed by atoms with Gasteiger partial charge in [0.2, 0.25) is 5.78 Å². The van der Waals surface area contributed by atoms with Crippen LogP contribution in [-0.2, 0) is 0 Å². The third-order valence-corrected chi connectivity index (χ3v) is 4.50. The van der Waals surface area contributed by atoms with Crippen molar-refractivity contribution in [3.8, 4) is 17.2 Å². The van der Waals surface area contributed by atoms with E-state index in [0.29, 0.717) is 17.6 Å². The number of anilines is 1. The highest BCUT2D eigenvalue weighted by atomic mass is 19.3.